The van der Waals surface area contributed by atoms with Crippen LogP contribution < -0.4 is 0 Å². The molecule has 18 heavy (non-hydrogen) atoms. The molecular weight excluding hydrogens is 271 g/mol. The molecule has 0 saturated heterocycles. The number of rotatable bonds is 3. The fourth-order valence-electron chi connectivity index (χ4n) is 1.19. The van der Waals surface area contributed by atoms with Crippen LogP contribution in [0.1, 0.15) is 19.8 Å². The van der Waals surface area contributed by atoms with E-state index in [1.807, 2.05) is 0 Å². The summed E-state index contributed by atoms with van der Waals surface area (Å²) in [6.45, 7) is 3.47. The zero-order valence-corrected chi connectivity index (χ0v) is 11.0. The molecule has 8 heteroatoms. The lowest BCUT2D eigenvalue weighted by molar-refractivity contribution is -0.804. The van der Waals surface area contributed by atoms with Crippen LogP contribution >= 0.6 is 0 Å². The zero-order chi connectivity index (χ0) is 14.4. The van der Waals surface area contributed by atoms with Crippen molar-refractivity contribution < 1.29 is 30.6 Å². The minimum atomic E-state index is -6.09. The van der Waals surface area contributed by atoms with E-state index in [4.69, 9.17) is 13.0 Å². The standard InChI is InChI=1S/C9H16N.CHF3O3S/c1-3-4-7-10(2)8-5-6-9-10;2-1(3,4)8(5,6)7/h5-6,8-9H,3-4,7H2,1-2H3;(H,5,6,7)/q+1;/p-1. The van der Waals surface area contributed by atoms with Gasteiger partial charge in [0, 0.05) is 0 Å². The number of hydrogen-bond acceptors (Lipinski definition) is 3. The van der Waals surface area contributed by atoms with Crippen molar-refractivity contribution in [1.82, 2.24) is 0 Å². The van der Waals surface area contributed by atoms with E-state index in [1.165, 1.54) is 19.4 Å². The summed E-state index contributed by atoms with van der Waals surface area (Å²) in [4.78, 5) is 0. The number of allylic oxidation sites excluding steroid dienone is 2. The largest absolute Gasteiger partial charge is 0.741 e. The highest BCUT2D eigenvalue weighted by molar-refractivity contribution is 7.86. The van der Waals surface area contributed by atoms with E-state index in [9.17, 15) is 13.2 Å². The smallest absolute Gasteiger partial charge is 0.485 e. The first-order chi connectivity index (χ1) is 8.02. The summed E-state index contributed by atoms with van der Waals surface area (Å²) in [7, 11) is -3.86. The highest BCUT2D eigenvalue weighted by atomic mass is 32.2. The van der Waals surface area contributed by atoms with Gasteiger partial charge in [-0.15, -0.1) is 0 Å². The second-order valence-corrected chi connectivity index (χ2v) is 5.38. The zero-order valence-electron chi connectivity index (χ0n) is 10.1. The van der Waals surface area contributed by atoms with E-state index in [-0.39, 0.29) is 0 Å². The van der Waals surface area contributed by atoms with E-state index in [0.29, 0.717) is 0 Å². The third kappa shape index (κ3) is 6.18. The lowest BCUT2D eigenvalue weighted by atomic mass is 10.3. The molecule has 0 unspecified atom stereocenters. The second-order valence-electron chi connectivity index (χ2n) is 4.01. The minimum absolute atomic E-state index is 0.994. The Morgan fingerprint density at radius 1 is 1.22 bits per heavy atom. The Morgan fingerprint density at radius 3 is 1.89 bits per heavy atom. The van der Waals surface area contributed by atoms with Crippen molar-refractivity contribution in [2.75, 3.05) is 13.6 Å². The Morgan fingerprint density at radius 2 is 1.61 bits per heavy atom. The third-order valence-corrected chi connectivity index (χ3v) is 2.81. The molecule has 1 rings (SSSR count). The van der Waals surface area contributed by atoms with Crippen LogP contribution in [0, 0.1) is 0 Å². The number of quaternary nitrogens is 1. The summed E-state index contributed by atoms with van der Waals surface area (Å²) in [6.07, 6.45) is 11.3. The maximum Gasteiger partial charge on any atom is 0.485 e. The molecular formula is C10H16F3NO3S. The van der Waals surface area contributed by atoms with E-state index in [0.717, 1.165) is 4.48 Å². The molecule has 0 bridgehead atoms. The van der Waals surface area contributed by atoms with Gasteiger partial charge in [0.05, 0.1) is 13.6 Å². The molecule has 4 nitrogen and oxygen atoms in total. The van der Waals surface area contributed by atoms with Crippen molar-refractivity contribution in [1.29, 1.82) is 0 Å². The predicted octanol–water partition coefficient (Wildman–Crippen LogP) is 2.33. The number of nitrogens with zero attached hydrogens (tertiary/aromatic N) is 1. The van der Waals surface area contributed by atoms with Crippen LogP contribution in [0.5, 0.6) is 0 Å². The van der Waals surface area contributed by atoms with Gasteiger partial charge in [0.15, 0.2) is 10.1 Å². The molecule has 0 fully saturated rings. The molecule has 1 heterocycles. The van der Waals surface area contributed by atoms with Gasteiger partial charge in [0.2, 0.25) is 0 Å². The van der Waals surface area contributed by atoms with Gasteiger partial charge in [-0.1, -0.05) is 13.3 Å². The van der Waals surface area contributed by atoms with E-state index in [1.54, 1.807) is 0 Å². The van der Waals surface area contributed by atoms with Crippen LogP contribution in [0.3, 0.4) is 0 Å². The summed E-state index contributed by atoms with van der Waals surface area (Å²) in [5.41, 5.74) is -5.65. The van der Waals surface area contributed by atoms with Crippen molar-refractivity contribution in [3.8, 4) is 0 Å². The van der Waals surface area contributed by atoms with Gasteiger partial charge in [0.1, 0.15) is 12.4 Å². The normalized spacial score (nSPS) is 17.4. The van der Waals surface area contributed by atoms with Gasteiger partial charge in [-0.25, -0.2) is 8.42 Å². The first kappa shape index (κ1) is 17.1. The van der Waals surface area contributed by atoms with Crippen LogP contribution in [0.4, 0.5) is 13.2 Å². The van der Waals surface area contributed by atoms with Gasteiger partial charge in [-0.2, -0.15) is 13.2 Å². The Kier molecular flexibility index (Phi) is 6.05. The van der Waals surface area contributed by atoms with Crippen molar-refractivity contribution in [3.05, 3.63) is 24.6 Å². The molecule has 0 spiro atoms. The molecule has 0 amide bonds. The number of alkyl halides is 3. The summed E-state index contributed by atoms with van der Waals surface area (Å²) < 4.78 is 59.9. The highest BCUT2D eigenvalue weighted by Gasteiger charge is 2.36. The average Bonchev–Trinajstić information content (AvgIpc) is 2.61. The maximum absolute atomic E-state index is 10.7. The molecule has 1 aliphatic heterocycles. The summed E-state index contributed by atoms with van der Waals surface area (Å²) >= 11 is 0. The average molecular weight is 287 g/mol. The van der Waals surface area contributed by atoms with E-state index < -0.39 is 15.6 Å². The van der Waals surface area contributed by atoms with Crippen LogP contribution in [-0.4, -0.2) is 36.6 Å². The molecule has 0 aromatic rings. The molecule has 0 aliphatic carbocycles. The minimum Gasteiger partial charge on any atom is -0.741 e. The van der Waals surface area contributed by atoms with Crippen LogP contribution in [-0.2, 0) is 10.1 Å². The second kappa shape index (κ2) is 6.35. The van der Waals surface area contributed by atoms with Crippen LogP contribution in [0.2, 0.25) is 0 Å². The van der Waals surface area contributed by atoms with Gasteiger partial charge >= 0.3 is 5.51 Å². The summed E-state index contributed by atoms with van der Waals surface area (Å²) in [5.74, 6) is 0. The van der Waals surface area contributed by atoms with Gasteiger partial charge in [-0.05, 0) is 18.6 Å². The first-order valence-corrected chi connectivity index (χ1v) is 6.67. The number of unbranched alkanes of at least 4 members (excludes halogenated alkanes) is 1. The molecule has 0 N–H and O–H groups in total. The Balaban J connectivity index is 0.000000331. The molecule has 1 aliphatic rings. The number of halogens is 3. The molecule has 0 saturated carbocycles. The lowest BCUT2D eigenvalue weighted by Gasteiger charge is -2.22. The quantitative estimate of drug-likeness (QED) is 0.455. The molecule has 0 atom stereocenters. The molecule has 0 aromatic carbocycles. The third-order valence-electron chi connectivity index (χ3n) is 2.24. The van der Waals surface area contributed by atoms with Crippen molar-refractivity contribution in [3.63, 3.8) is 0 Å². The Labute approximate surface area is 105 Å². The monoisotopic (exact) mass is 287 g/mol. The maximum atomic E-state index is 10.7. The van der Waals surface area contributed by atoms with E-state index in [2.05, 4.69) is 38.5 Å². The number of hydrogen-bond donors (Lipinski definition) is 0. The van der Waals surface area contributed by atoms with Crippen molar-refractivity contribution >= 4 is 10.1 Å². The van der Waals surface area contributed by atoms with Gasteiger partial charge in [-0.3, -0.25) is 4.48 Å². The Hall–Kier alpha value is -0.860. The van der Waals surface area contributed by atoms with Crippen molar-refractivity contribution in [2.24, 2.45) is 0 Å². The fourth-order valence-corrected chi connectivity index (χ4v) is 1.19. The summed E-state index contributed by atoms with van der Waals surface area (Å²) in [5, 5.41) is 0. The van der Waals surface area contributed by atoms with Crippen molar-refractivity contribution in [2.45, 2.75) is 25.3 Å². The summed E-state index contributed by atoms with van der Waals surface area (Å²) in [6, 6.07) is 0. The molecule has 106 valence electrons. The van der Waals surface area contributed by atoms with Crippen LogP contribution in [0.25, 0.3) is 0 Å². The first-order valence-electron chi connectivity index (χ1n) is 5.26. The van der Waals surface area contributed by atoms with E-state index >= 15 is 0 Å². The van der Waals surface area contributed by atoms with Crippen LogP contribution in [0.15, 0.2) is 24.6 Å². The van der Waals surface area contributed by atoms with Gasteiger partial charge in [0.25, 0.3) is 0 Å². The predicted molar refractivity (Wildman–Crippen MR) is 60.0 cm³/mol. The fraction of sp³-hybridized carbons (Fsp3) is 0.600. The highest BCUT2D eigenvalue weighted by Crippen LogP contribution is 2.20. The topological polar surface area (TPSA) is 57.2 Å². The molecule has 0 aromatic heterocycles. The SMILES string of the molecule is CCCC[N+]1(C)C=CC=C1.O=S(=O)([O-])C(F)(F)F. The molecule has 0 radical (unpaired) electrons. The Bertz CT molecular complexity index is 401. The lowest BCUT2D eigenvalue weighted by Crippen LogP contribution is -2.30. The van der Waals surface area contributed by atoms with Gasteiger partial charge < -0.3 is 4.55 Å².